The van der Waals surface area contributed by atoms with Gasteiger partial charge in [-0.1, -0.05) is 36.4 Å². The maximum atomic E-state index is 11.0. The number of ether oxygens (including phenoxy) is 2. The van der Waals surface area contributed by atoms with Gasteiger partial charge in [-0.2, -0.15) is 0 Å². The van der Waals surface area contributed by atoms with Gasteiger partial charge in [0.1, 0.15) is 0 Å². The average molecular weight is 222 g/mol. The minimum Gasteiger partial charge on any atom is -0.477 e. The average Bonchev–Trinajstić information content (AvgIpc) is 2.32. The summed E-state index contributed by atoms with van der Waals surface area (Å²) in [5.74, 6) is -2.92. The third-order valence-corrected chi connectivity index (χ3v) is 2.20. The van der Waals surface area contributed by atoms with E-state index < -0.39 is 11.8 Å². The fourth-order valence-electron chi connectivity index (χ4n) is 1.24. The molecule has 1 rings (SSSR count). The van der Waals surface area contributed by atoms with E-state index >= 15 is 0 Å². The summed E-state index contributed by atoms with van der Waals surface area (Å²) in [6.45, 7) is 0. The van der Waals surface area contributed by atoms with Crippen molar-refractivity contribution in [1.29, 1.82) is 0 Å². The summed E-state index contributed by atoms with van der Waals surface area (Å²) in [5, 5.41) is 9.00. The Morgan fingerprint density at radius 1 is 1.25 bits per heavy atom. The Kier molecular flexibility index (Phi) is 4.22. The molecule has 0 atom stereocenters. The molecule has 0 unspecified atom stereocenters. The quantitative estimate of drug-likeness (QED) is 0.771. The first-order valence-electron chi connectivity index (χ1n) is 4.72. The molecular formula is C12H14O4. The van der Waals surface area contributed by atoms with Gasteiger partial charge in [-0.25, -0.2) is 4.79 Å². The molecule has 0 aliphatic rings. The molecular weight excluding hydrogens is 208 g/mol. The van der Waals surface area contributed by atoms with Crippen molar-refractivity contribution in [2.45, 2.75) is 5.79 Å². The van der Waals surface area contributed by atoms with Crippen LogP contribution in [0.3, 0.4) is 0 Å². The Hall–Kier alpha value is -1.65. The number of rotatable bonds is 5. The molecule has 0 amide bonds. The number of aliphatic carboxylic acids is 1. The van der Waals surface area contributed by atoms with Gasteiger partial charge in [0.2, 0.25) is 0 Å². The van der Waals surface area contributed by atoms with Crippen molar-refractivity contribution in [3.05, 3.63) is 42.0 Å². The molecule has 4 nitrogen and oxygen atoms in total. The van der Waals surface area contributed by atoms with E-state index in [1.807, 2.05) is 30.3 Å². The number of hydrogen-bond acceptors (Lipinski definition) is 3. The lowest BCUT2D eigenvalue weighted by Crippen LogP contribution is -2.40. The number of carboxylic acids is 1. The van der Waals surface area contributed by atoms with E-state index in [4.69, 9.17) is 14.6 Å². The van der Waals surface area contributed by atoms with Crippen LogP contribution in [0.2, 0.25) is 0 Å². The largest absolute Gasteiger partial charge is 0.477 e. The van der Waals surface area contributed by atoms with Gasteiger partial charge < -0.3 is 14.6 Å². The lowest BCUT2D eigenvalue weighted by molar-refractivity contribution is -0.204. The third kappa shape index (κ3) is 2.68. The SMILES string of the molecule is COC(C=Cc1ccccc1)(OC)C(=O)O. The first-order chi connectivity index (χ1) is 7.64. The number of hydrogen-bond donors (Lipinski definition) is 1. The van der Waals surface area contributed by atoms with Crippen LogP contribution in [0.15, 0.2) is 36.4 Å². The molecule has 1 aromatic carbocycles. The molecule has 4 heteroatoms. The summed E-state index contributed by atoms with van der Waals surface area (Å²) in [4.78, 5) is 11.0. The van der Waals surface area contributed by atoms with Crippen LogP contribution in [0, 0.1) is 0 Å². The van der Waals surface area contributed by atoms with Crippen LogP contribution in [0.25, 0.3) is 6.08 Å². The Bertz CT molecular complexity index is 366. The van der Waals surface area contributed by atoms with Gasteiger partial charge in [-0.15, -0.1) is 0 Å². The molecule has 0 bridgehead atoms. The highest BCUT2D eigenvalue weighted by Gasteiger charge is 2.35. The van der Waals surface area contributed by atoms with Crippen LogP contribution in [-0.2, 0) is 14.3 Å². The van der Waals surface area contributed by atoms with Crippen LogP contribution in [0.5, 0.6) is 0 Å². The molecule has 16 heavy (non-hydrogen) atoms. The van der Waals surface area contributed by atoms with Gasteiger partial charge in [-0.3, -0.25) is 0 Å². The molecule has 0 aliphatic heterocycles. The maximum Gasteiger partial charge on any atom is 0.368 e. The standard InChI is InChI=1S/C12H14O4/c1-15-12(16-2,11(13)14)9-8-10-6-4-3-5-7-10/h3-9H,1-2H3,(H,13,14). The summed E-state index contributed by atoms with van der Waals surface area (Å²) < 4.78 is 9.72. The normalized spacial score (nSPS) is 11.9. The van der Waals surface area contributed by atoms with Gasteiger partial charge in [0.15, 0.2) is 0 Å². The Balaban J connectivity index is 2.92. The lowest BCUT2D eigenvalue weighted by Gasteiger charge is -2.21. The van der Waals surface area contributed by atoms with Crippen molar-refractivity contribution in [1.82, 2.24) is 0 Å². The van der Waals surface area contributed by atoms with Crippen molar-refractivity contribution in [3.63, 3.8) is 0 Å². The minimum absolute atomic E-state index is 0.877. The minimum atomic E-state index is -1.73. The van der Waals surface area contributed by atoms with E-state index in [1.54, 1.807) is 6.08 Å². The lowest BCUT2D eigenvalue weighted by atomic mass is 10.1. The maximum absolute atomic E-state index is 11.0. The smallest absolute Gasteiger partial charge is 0.368 e. The van der Waals surface area contributed by atoms with E-state index in [2.05, 4.69) is 0 Å². The molecule has 1 aromatic rings. The van der Waals surface area contributed by atoms with Gasteiger partial charge in [0.25, 0.3) is 5.79 Å². The highest BCUT2D eigenvalue weighted by molar-refractivity contribution is 5.79. The van der Waals surface area contributed by atoms with Gasteiger partial charge in [0, 0.05) is 14.2 Å². The van der Waals surface area contributed by atoms with Crippen LogP contribution < -0.4 is 0 Å². The number of carboxylic acid groups (broad SMARTS) is 1. The van der Waals surface area contributed by atoms with E-state index in [1.165, 1.54) is 20.3 Å². The predicted octanol–water partition coefficient (Wildman–Crippen LogP) is 1.77. The second kappa shape index (κ2) is 5.44. The number of benzene rings is 1. The molecule has 0 spiro atoms. The summed E-state index contributed by atoms with van der Waals surface area (Å²) in [7, 11) is 2.57. The first kappa shape index (κ1) is 12.4. The first-order valence-corrected chi connectivity index (χ1v) is 4.72. The van der Waals surface area contributed by atoms with Crippen molar-refractivity contribution >= 4 is 12.0 Å². The molecule has 0 saturated heterocycles. The second-order valence-corrected chi connectivity index (χ2v) is 3.12. The summed E-state index contributed by atoms with van der Waals surface area (Å²) in [5.41, 5.74) is 0.877. The van der Waals surface area contributed by atoms with E-state index in [0.29, 0.717) is 0 Å². The number of carbonyl (C=O) groups is 1. The highest BCUT2D eigenvalue weighted by atomic mass is 16.7. The summed E-state index contributed by atoms with van der Waals surface area (Å²) >= 11 is 0. The summed E-state index contributed by atoms with van der Waals surface area (Å²) in [6.07, 6.45) is 3.01. The van der Waals surface area contributed by atoms with Crippen molar-refractivity contribution < 1.29 is 19.4 Å². The Morgan fingerprint density at radius 2 is 1.81 bits per heavy atom. The molecule has 0 aliphatic carbocycles. The highest BCUT2D eigenvalue weighted by Crippen LogP contribution is 2.15. The molecule has 0 radical (unpaired) electrons. The van der Waals surface area contributed by atoms with Crippen LogP contribution in [0.1, 0.15) is 5.56 Å². The fourth-order valence-corrected chi connectivity index (χ4v) is 1.24. The van der Waals surface area contributed by atoms with E-state index in [9.17, 15) is 4.79 Å². The molecule has 1 N–H and O–H groups in total. The predicted molar refractivity (Wildman–Crippen MR) is 59.9 cm³/mol. The van der Waals surface area contributed by atoms with Crippen LogP contribution in [-0.4, -0.2) is 31.1 Å². The van der Waals surface area contributed by atoms with Crippen LogP contribution >= 0.6 is 0 Å². The van der Waals surface area contributed by atoms with Crippen molar-refractivity contribution in [2.24, 2.45) is 0 Å². The zero-order chi connectivity index (χ0) is 12.0. The van der Waals surface area contributed by atoms with E-state index in [-0.39, 0.29) is 0 Å². The summed E-state index contributed by atoms with van der Waals surface area (Å²) in [6, 6.07) is 9.32. The molecule has 0 fully saturated rings. The van der Waals surface area contributed by atoms with Gasteiger partial charge in [0.05, 0.1) is 0 Å². The van der Waals surface area contributed by atoms with Crippen molar-refractivity contribution in [2.75, 3.05) is 14.2 Å². The fraction of sp³-hybridized carbons (Fsp3) is 0.250. The Morgan fingerprint density at radius 3 is 2.25 bits per heavy atom. The number of methoxy groups -OCH3 is 2. The zero-order valence-electron chi connectivity index (χ0n) is 9.21. The monoisotopic (exact) mass is 222 g/mol. The second-order valence-electron chi connectivity index (χ2n) is 3.12. The molecule has 0 aromatic heterocycles. The van der Waals surface area contributed by atoms with Gasteiger partial charge in [-0.05, 0) is 11.6 Å². The molecule has 86 valence electrons. The van der Waals surface area contributed by atoms with E-state index in [0.717, 1.165) is 5.56 Å². The topological polar surface area (TPSA) is 55.8 Å². The Labute approximate surface area is 94.1 Å². The third-order valence-electron chi connectivity index (χ3n) is 2.20. The molecule has 0 saturated carbocycles. The van der Waals surface area contributed by atoms with Gasteiger partial charge >= 0.3 is 5.97 Å². The van der Waals surface area contributed by atoms with Crippen molar-refractivity contribution in [3.8, 4) is 0 Å². The van der Waals surface area contributed by atoms with Crippen LogP contribution in [0.4, 0.5) is 0 Å². The molecule has 0 heterocycles. The zero-order valence-corrected chi connectivity index (χ0v) is 9.21.